The van der Waals surface area contributed by atoms with Crippen molar-refractivity contribution in [3.05, 3.63) is 60.2 Å². The summed E-state index contributed by atoms with van der Waals surface area (Å²) in [4.78, 5) is 11.9. The molecule has 1 saturated heterocycles. The summed E-state index contributed by atoms with van der Waals surface area (Å²) in [6.45, 7) is 0. The lowest BCUT2D eigenvalue weighted by Gasteiger charge is -2.29. The van der Waals surface area contributed by atoms with Crippen molar-refractivity contribution < 1.29 is 9.53 Å². The normalized spacial score (nSPS) is 25.7. The number of benzene rings is 1. The molecule has 3 rings (SSSR count). The first kappa shape index (κ1) is 17.5. The molecule has 1 aromatic rings. The van der Waals surface area contributed by atoms with Gasteiger partial charge in [-0.2, -0.15) is 5.10 Å². The predicted octanol–water partition coefficient (Wildman–Crippen LogP) is 4.09. The molecule has 0 saturated carbocycles. The molecule has 4 heteroatoms. The van der Waals surface area contributed by atoms with Gasteiger partial charge in [-0.15, -0.1) is 0 Å². The second kappa shape index (κ2) is 8.65. The van der Waals surface area contributed by atoms with Gasteiger partial charge in [-0.1, -0.05) is 48.9 Å². The predicted molar refractivity (Wildman–Crippen MR) is 100 cm³/mol. The average molecular weight is 338 g/mol. The molecular weight excluding hydrogens is 312 g/mol. The number of unbranched alkanes of at least 4 members (excludes halogenated alkanes) is 1. The van der Waals surface area contributed by atoms with Gasteiger partial charge in [0.15, 0.2) is 0 Å². The second-order valence-corrected chi connectivity index (χ2v) is 6.88. The van der Waals surface area contributed by atoms with Crippen LogP contribution in [-0.2, 0) is 9.53 Å². The summed E-state index contributed by atoms with van der Waals surface area (Å²) in [5, 5.41) is 3.67. The first-order chi connectivity index (χ1) is 12.2. The van der Waals surface area contributed by atoms with Gasteiger partial charge in [-0.05, 0) is 55.2 Å². The highest BCUT2D eigenvalue weighted by Gasteiger charge is 2.29. The van der Waals surface area contributed by atoms with Crippen LogP contribution >= 0.6 is 0 Å². The fourth-order valence-electron chi connectivity index (χ4n) is 3.63. The summed E-state index contributed by atoms with van der Waals surface area (Å²) in [5.41, 5.74) is 2.07. The molecule has 0 radical (unpaired) electrons. The largest absolute Gasteiger partial charge is 0.462 e. The highest BCUT2D eigenvalue weighted by Crippen LogP contribution is 2.32. The molecule has 0 aromatic heterocycles. The zero-order valence-corrected chi connectivity index (χ0v) is 14.5. The van der Waals surface area contributed by atoms with Crippen LogP contribution < -0.4 is 5.84 Å². The standard InChI is InChI=1S/C21H26N2O2/c22-23-19-12-10-16(11-13-19)6-4-5-9-20-14-18(15-21(24)25-20)17-7-2-1-3-8-17/h1-3,7-8,10-13,16,18,20H,4-6,9,14-15,22H2/t16?,18-,20+/m0/s1. The third-order valence-corrected chi connectivity index (χ3v) is 5.02. The van der Waals surface area contributed by atoms with Crippen molar-refractivity contribution in [2.75, 3.05) is 0 Å². The number of hydrazone groups is 1. The molecule has 2 aliphatic rings. The minimum atomic E-state index is -0.0585. The van der Waals surface area contributed by atoms with Crippen LogP contribution in [0.15, 0.2) is 59.7 Å². The van der Waals surface area contributed by atoms with Crippen LogP contribution in [0.2, 0.25) is 0 Å². The monoisotopic (exact) mass is 338 g/mol. The van der Waals surface area contributed by atoms with Gasteiger partial charge >= 0.3 is 5.97 Å². The van der Waals surface area contributed by atoms with Crippen LogP contribution in [0.4, 0.5) is 0 Å². The minimum absolute atomic E-state index is 0.0554. The third kappa shape index (κ3) is 5.05. The van der Waals surface area contributed by atoms with E-state index in [0.29, 0.717) is 18.3 Å². The lowest BCUT2D eigenvalue weighted by molar-refractivity contribution is -0.155. The lowest BCUT2D eigenvalue weighted by atomic mass is 9.86. The number of hydrogen-bond donors (Lipinski definition) is 1. The van der Waals surface area contributed by atoms with Crippen molar-refractivity contribution in [1.82, 2.24) is 0 Å². The fraction of sp³-hybridized carbons (Fsp3) is 0.429. The highest BCUT2D eigenvalue weighted by atomic mass is 16.5. The van der Waals surface area contributed by atoms with E-state index in [2.05, 4.69) is 29.4 Å². The number of esters is 1. The maximum Gasteiger partial charge on any atom is 0.306 e. The van der Waals surface area contributed by atoms with Crippen LogP contribution in [0.5, 0.6) is 0 Å². The van der Waals surface area contributed by atoms with Crippen molar-refractivity contribution in [2.24, 2.45) is 16.9 Å². The van der Waals surface area contributed by atoms with Gasteiger partial charge in [0, 0.05) is 0 Å². The van der Waals surface area contributed by atoms with Gasteiger partial charge < -0.3 is 10.6 Å². The van der Waals surface area contributed by atoms with Crippen LogP contribution in [0.25, 0.3) is 0 Å². The molecular formula is C21H26N2O2. The Morgan fingerprint density at radius 3 is 2.52 bits per heavy atom. The Bertz CT molecular complexity index is 648. The highest BCUT2D eigenvalue weighted by molar-refractivity contribution is 6.04. The molecule has 1 aliphatic carbocycles. The molecule has 2 atom stereocenters. The van der Waals surface area contributed by atoms with E-state index in [0.717, 1.165) is 37.8 Å². The summed E-state index contributed by atoms with van der Waals surface area (Å²) >= 11 is 0. The summed E-state index contributed by atoms with van der Waals surface area (Å²) in [7, 11) is 0. The molecule has 1 aliphatic heterocycles. The summed E-state index contributed by atoms with van der Waals surface area (Å²) in [5.74, 6) is 5.95. The maximum absolute atomic E-state index is 11.9. The van der Waals surface area contributed by atoms with Crippen LogP contribution in [0, 0.1) is 5.92 Å². The van der Waals surface area contributed by atoms with E-state index in [4.69, 9.17) is 10.6 Å². The number of allylic oxidation sites excluding steroid dienone is 4. The smallest absolute Gasteiger partial charge is 0.306 e. The van der Waals surface area contributed by atoms with Crippen molar-refractivity contribution in [1.29, 1.82) is 0 Å². The maximum atomic E-state index is 11.9. The Balaban J connectivity index is 1.42. The molecule has 1 aromatic carbocycles. The summed E-state index contributed by atoms with van der Waals surface area (Å²) < 4.78 is 5.56. The summed E-state index contributed by atoms with van der Waals surface area (Å²) in [6.07, 6.45) is 14.0. The van der Waals surface area contributed by atoms with Gasteiger partial charge in [0.1, 0.15) is 6.10 Å². The van der Waals surface area contributed by atoms with Crippen LogP contribution in [0.1, 0.15) is 50.0 Å². The number of nitrogens with zero attached hydrogens (tertiary/aromatic N) is 1. The molecule has 132 valence electrons. The Hall–Kier alpha value is -2.36. The van der Waals surface area contributed by atoms with Gasteiger partial charge in [0.25, 0.3) is 0 Å². The summed E-state index contributed by atoms with van der Waals surface area (Å²) in [6, 6.07) is 10.3. The fourth-order valence-corrected chi connectivity index (χ4v) is 3.63. The van der Waals surface area contributed by atoms with E-state index in [9.17, 15) is 4.79 Å². The van der Waals surface area contributed by atoms with Gasteiger partial charge in [0.2, 0.25) is 0 Å². The Labute approximate surface area is 149 Å². The zero-order chi connectivity index (χ0) is 17.5. The quantitative estimate of drug-likeness (QED) is 0.368. The topological polar surface area (TPSA) is 64.7 Å². The van der Waals surface area contributed by atoms with Crippen molar-refractivity contribution in [2.45, 2.75) is 50.5 Å². The van der Waals surface area contributed by atoms with E-state index in [1.165, 1.54) is 5.56 Å². The second-order valence-electron chi connectivity index (χ2n) is 6.88. The first-order valence-corrected chi connectivity index (χ1v) is 9.13. The van der Waals surface area contributed by atoms with E-state index < -0.39 is 0 Å². The van der Waals surface area contributed by atoms with Gasteiger partial charge in [-0.25, -0.2) is 0 Å². The molecule has 0 bridgehead atoms. The first-order valence-electron chi connectivity index (χ1n) is 9.13. The molecule has 2 N–H and O–H groups in total. The Morgan fingerprint density at radius 1 is 1.08 bits per heavy atom. The minimum Gasteiger partial charge on any atom is -0.462 e. The number of ether oxygens (including phenoxy) is 1. The number of nitrogens with two attached hydrogens (primary N) is 1. The van der Waals surface area contributed by atoms with E-state index in [-0.39, 0.29) is 12.1 Å². The zero-order valence-electron chi connectivity index (χ0n) is 14.5. The number of cyclic esters (lactones) is 1. The number of hydrogen-bond acceptors (Lipinski definition) is 4. The Morgan fingerprint density at radius 2 is 1.80 bits per heavy atom. The van der Waals surface area contributed by atoms with E-state index in [1.807, 2.05) is 30.4 Å². The van der Waals surface area contributed by atoms with Crippen molar-refractivity contribution in [3.63, 3.8) is 0 Å². The molecule has 4 nitrogen and oxygen atoms in total. The number of rotatable bonds is 6. The number of carbonyl (C=O) groups is 1. The lowest BCUT2D eigenvalue weighted by Crippen LogP contribution is -2.28. The molecule has 1 heterocycles. The molecule has 0 spiro atoms. The van der Waals surface area contributed by atoms with Crippen molar-refractivity contribution >= 4 is 11.7 Å². The third-order valence-electron chi connectivity index (χ3n) is 5.02. The molecule has 0 unspecified atom stereocenters. The molecule has 25 heavy (non-hydrogen) atoms. The van der Waals surface area contributed by atoms with Crippen molar-refractivity contribution in [3.8, 4) is 0 Å². The molecule has 0 amide bonds. The van der Waals surface area contributed by atoms with E-state index in [1.54, 1.807) is 0 Å². The SMILES string of the molecule is NN=C1C=CC(CCCC[C@@H]2C[C@H](c3ccccc3)CC(=O)O2)C=C1. The average Bonchev–Trinajstić information content (AvgIpc) is 2.66. The van der Waals surface area contributed by atoms with Crippen LogP contribution in [-0.4, -0.2) is 17.8 Å². The van der Waals surface area contributed by atoms with E-state index >= 15 is 0 Å². The van der Waals surface area contributed by atoms with Gasteiger partial charge in [0.05, 0.1) is 12.1 Å². The number of carbonyl (C=O) groups excluding carboxylic acids is 1. The van der Waals surface area contributed by atoms with Gasteiger partial charge in [-0.3, -0.25) is 4.79 Å². The van der Waals surface area contributed by atoms with Crippen LogP contribution in [0.3, 0.4) is 0 Å². The molecule has 1 fully saturated rings. The Kier molecular flexibility index (Phi) is 6.04.